The zero-order chi connectivity index (χ0) is 26.4. The average Bonchev–Trinajstić information content (AvgIpc) is 3.19. The van der Waals surface area contributed by atoms with E-state index >= 15 is 0 Å². The van der Waals surface area contributed by atoms with Gasteiger partial charge in [-0.1, -0.05) is 97.6 Å². The standard InChI is InChI=1S/C36H34N2/c1-25-15-14-24-36(3)35(26(2)28-17-7-9-19-30(28)29-18-8-6-16-27(25)29)31-20-10-11-21-32(31)38(36)34-23-13-12-22-33(34)37(4)5/h6-23H,1,24H2,2-5H3/b15-14-,35-26+. The number of benzene rings is 4. The normalized spacial score (nSPS) is 21.1. The van der Waals surface area contributed by atoms with Crippen molar-refractivity contribution in [1.82, 2.24) is 0 Å². The van der Waals surface area contributed by atoms with E-state index in [4.69, 9.17) is 0 Å². The lowest BCUT2D eigenvalue weighted by Crippen LogP contribution is -2.40. The smallest absolute Gasteiger partial charge is 0.0719 e. The molecule has 1 atom stereocenters. The summed E-state index contributed by atoms with van der Waals surface area (Å²) in [5.74, 6) is 0. The molecule has 1 aliphatic heterocycles. The van der Waals surface area contributed by atoms with Crippen LogP contribution < -0.4 is 9.80 Å². The van der Waals surface area contributed by atoms with Crippen LogP contribution >= 0.6 is 0 Å². The summed E-state index contributed by atoms with van der Waals surface area (Å²) in [7, 11) is 4.25. The number of hydrogen-bond acceptors (Lipinski definition) is 2. The molecular formula is C36H34N2. The first kappa shape index (κ1) is 24.1. The number of hydrogen-bond donors (Lipinski definition) is 0. The molecule has 38 heavy (non-hydrogen) atoms. The molecule has 2 heteroatoms. The van der Waals surface area contributed by atoms with Gasteiger partial charge in [0.1, 0.15) is 0 Å². The number of para-hydroxylation sites is 3. The van der Waals surface area contributed by atoms with Gasteiger partial charge in [-0.05, 0) is 77.4 Å². The molecule has 1 heterocycles. The van der Waals surface area contributed by atoms with Gasteiger partial charge in [0, 0.05) is 25.3 Å². The molecule has 4 aromatic rings. The summed E-state index contributed by atoms with van der Waals surface area (Å²) in [5, 5.41) is 0. The Morgan fingerprint density at radius 1 is 0.684 bits per heavy atom. The van der Waals surface area contributed by atoms with E-state index < -0.39 is 0 Å². The highest BCUT2D eigenvalue weighted by Crippen LogP contribution is 2.57. The Labute approximate surface area is 226 Å². The van der Waals surface area contributed by atoms with Gasteiger partial charge in [0.15, 0.2) is 0 Å². The minimum Gasteiger partial charge on any atom is -0.376 e. The largest absolute Gasteiger partial charge is 0.376 e. The summed E-state index contributed by atoms with van der Waals surface area (Å²) in [4.78, 5) is 4.78. The van der Waals surface area contributed by atoms with Gasteiger partial charge < -0.3 is 9.80 Å². The van der Waals surface area contributed by atoms with Crippen LogP contribution in [0.25, 0.3) is 27.8 Å². The number of anilines is 3. The summed E-state index contributed by atoms with van der Waals surface area (Å²) in [6.45, 7) is 9.20. The minimum atomic E-state index is -0.305. The fourth-order valence-electron chi connectivity index (χ4n) is 6.47. The molecule has 0 amide bonds. The third-order valence-corrected chi connectivity index (χ3v) is 8.15. The van der Waals surface area contributed by atoms with Gasteiger partial charge in [0.05, 0.1) is 16.9 Å². The first-order valence-electron chi connectivity index (χ1n) is 13.3. The lowest BCUT2D eigenvalue weighted by Gasteiger charge is -2.40. The maximum absolute atomic E-state index is 4.49. The molecule has 2 nitrogen and oxygen atoms in total. The lowest BCUT2D eigenvalue weighted by molar-refractivity contribution is 0.612. The molecule has 0 N–H and O–H groups in total. The molecule has 0 radical (unpaired) electrons. The molecule has 0 saturated carbocycles. The van der Waals surface area contributed by atoms with Crippen LogP contribution in [0, 0.1) is 0 Å². The number of fused-ring (bicyclic) bond motifs is 6. The second-order valence-electron chi connectivity index (χ2n) is 10.7. The zero-order valence-corrected chi connectivity index (χ0v) is 22.7. The summed E-state index contributed by atoms with van der Waals surface area (Å²) < 4.78 is 0. The van der Waals surface area contributed by atoms with Gasteiger partial charge in [-0.2, -0.15) is 0 Å². The van der Waals surface area contributed by atoms with Crippen molar-refractivity contribution in [2.24, 2.45) is 0 Å². The fourth-order valence-corrected chi connectivity index (χ4v) is 6.47. The number of nitrogens with zero attached hydrogens (tertiary/aromatic N) is 2. The topological polar surface area (TPSA) is 6.48 Å². The van der Waals surface area contributed by atoms with Crippen LogP contribution in [-0.4, -0.2) is 19.6 Å². The van der Waals surface area contributed by atoms with E-state index in [0.29, 0.717) is 0 Å². The Morgan fingerprint density at radius 3 is 1.89 bits per heavy atom. The van der Waals surface area contributed by atoms with Gasteiger partial charge in [-0.15, -0.1) is 0 Å². The van der Waals surface area contributed by atoms with E-state index in [9.17, 15) is 0 Å². The summed E-state index contributed by atoms with van der Waals surface area (Å²) in [6, 6.07) is 35.1. The molecule has 1 aliphatic carbocycles. The molecule has 0 spiro atoms. The maximum atomic E-state index is 4.49. The molecule has 0 bridgehead atoms. The highest BCUT2D eigenvalue weighted by molar-refractivity contribution is 6.08. The van der Waals surface area contributed by atoms with Crippen molar-refractivity contribution in [2.75, 3.05) is 23.9 Å². The van der Waals surface area contributed by atoms with E-state index in [1.54, 1.807) is 0 Å². The molecule has 0 saturated heterocycles. The van der Waals surface area contributed by atoms with Crippen LogP contribution in [-0.2, 0) is 0 Å². The molecule has 1 unspecified atom stereocenters. The first-order chi connectivity index (χ1) is 18.4. The monoisotopic (exact) mass is 494 g/mol. The summed E-state index contributed by atoms with van der Waals surface area (Å²) in [6.07, 6.45) is 5.38. The van der Waals surface area contributed by atoms with Crippen LogP contribution in [0.3, 0.4) is 0 Å². The molecule has 6 rings (SSSR count). The van der Waals surface area contributed by atoms with Crippen molar-refractivity contribution < 1.29 is 0 Å². The molecule has 188 valence electrons. The van der Waals surface area contributed by atoms with E-state index in [0.717, 1.165) is 12.0 Å². The Bertz CT molecular complexity index is 1620. The minimum absolute atomic E-state index is 0.305. The third-order valence-electron chi connectivity index (χ3n) is 8.15. The second-order valence-corrected chi connectivity index (χ2v) is 10.7. The van der Waals surface area contributed by atoms with Gasteiger partial charge in [-0.3, -0.25) is 0 Å². The quantitative estimate of drug-likeness (QED) is 0.274. The molecular weight excluding hydrogens is 460 g/mol. The third kappa shape index (κ3) is 3.63. The predicted molar refractivity (Wildman–Crippen MR) is 165 cm³/mol. The van der Waals surface area contributed by atoms with Crippen molar-refractivity contribution >= 4 is 33.8 Å². The Kier molecular flexibility index (Phi) is 5.84. The van der Waals surface area contributed by atoms with Gasteiger partial charge in [0.25, 0.3) is 0 Å². The average molecular weight is 495 g/mol. The highest BCUT2D eigenvalue weighted by Gasteiger charge is 2.46. The van der Waals surface area contributed by atoms with Crippen molar-refractivity contribution in [1.29, 1.82) is 0 Å². The molecule has 2 aliphatic rings. The van der Waals surface area contributed by atoms with Crippen LogP contribution in [0.4, 0.5) is 17.1 Å². The van der Waals surface area contributed by atoms with Crippen molar-refractivity contribution in [3.05, 3.63) is 132 Å². The van der Waals surface area contributed by atoms with Gasteiger partial charge in [-0.25, -0.2) is 0 Å². The Balaban J connectivity index is 1.71. The van der Waals surface area contributed by atoms with E-state index in [1.807, 2.05) is 0 Å². The van der Waals surface area contributed by atoms with E-state index in [1.165, 1.54) is 56.0 Å². The van der Waals surface area contributed by atoms with Crippen molar-refractivity contribution in [2.45, 2.75) is 25.8 Å². The van der Waals surface area contributed by atoms with Crippen molar-refractivity contribution in [3.63, 3.8) is 0 Å². The zero-order valence-electron chi connectivity index (χ0n) is 22.7. The molecule has 0 aromatic heterocycles. The number of rotatable bonds is 2. The summed E-state index contributed by atoms with van der Waals surface area (Å²) in [5.41, 5.74) is 13.3. The lowest BCUT2D eigenvalue weighted by atomic mass is 9.80. The van der Waals surface area contributed by atoms with E-state index in [-0.39, 0.29) is 5.54 Å². The SMILES string of the molecule is C=C1/C=C\CC2(C)/C(=C(\C)c3ccccc3-c3ccccc31)c1ccccc1N2c1ccccc1N(C)C. The molecule has 0 fully saturated rings. The molecule has 4 aromatic carbocycles. The van der Waals surface area contributed by atoms with Gasteiger partial charge >= 0.3 is 0 Å². The predicted octanol–water partition coefficient (Wildman–Crippen LogP) is 9.23. The Hall–Kier alpha value is -4.30. The van der Waals surface area contributed by atoms with Crippen molar-refractivity contribution in [3.8, 4) is 11.1 Å². The van der Waals surface area contributed by atoms with E-state index in [2.05, 4.69) is 154 Å². The Morgan fingerprint density at radius 2 is 1.21 bits per heavy atom. The second kappa shape index (κ2) is 9.22. The fraction of sp³-hybridized carbons (Fsp3) is 0.167. The van der Waals surface area contributed by atoms with Crippen LogP contribution in [0.5, 0.6) is 0 Å². The summed E-state index contributed by atoms with van der Waals surface area (Å²) >= 11 is 0. The highest BCUT2D eigenvalue weighted by atomic mass is 15.3. The first-order valence-corrected chi connectivity index (χ1v) is 13.3. The van der Waals surface area contributed by atoms with Crippen LogP contribution in [0.1, 0.15) is 37.0 Å². The maximum Gasteiger partial charge on any atom is 0.0719 e. The van der Waals surface area contributed by atoms with Crippen LogP contribution in [0.2, 0.25) is 0 Å². The van der Waals surface area contributed by atoms with Crippen LogP contribution in [0.15, 0.2) is 116 Å². The number of allylic oxidation sites excluding steroid dienone is 3. The van der Waals surface area contributed by atoms with Gasteiger partial charge in [0.2, 0.25) is 0 Å².